The van der Waals surface area contributed by atoms with E-state index in [-0.39, 0.29) is 4.90 Å². The summed E-state index contributed by atoms with van der Waals surface area (Å²) in [7, 11) is 0.802. The summed E-state index contributed by atoms with van der Waals surface area (Å²) >= 11 is 0. The fourth-order valence-electron chi connectivity index (χ4n) is 2.91. The number of anilines is 1. The first-order valence-corrected chi connectivity index (χ1v) is 11.2. The molecule has 2 N–H and O–H groups in total. The van der Waals surface area contributed by atoms with Gasteiger partial charge in [-0.05, 0) is 48.5 Å². The van der Waals surface area contributed by atoms with E-state index in [2.05, 4.69) is 15.2 Å². The Kier molecular flexibility index (Phi) is 7.52. The molecule has 0 aliphatic rings. The fourth-order valence-corrected chi connectivity index (χ4v) is 3.99. The lowest BCUT2D eigenvalue weighted by Crippen LogP contribution is -2.18. The van der Waals surface area contributed by atoms with Crippen molar-refractivity contribution in [2.45, 2.75) is 4.90 Å². The third kappa shape index (κ3) is 5.80. The summed E-state index contributed by atoms with van der Waals surface area (Å²) in [6, 6.07) is 17.4. The highest BCUT2D eigenvalue weighted by Crippen LogP contribution is 2.37. The van der Waals surface area contributed by atoms with Crippen molar-refractivity contribution in [3.05, 3.63) is 77.9 Å². The maximum absolute atomic E-state index is 12.4. The Bertz CT molecular complexity index is 1220. The van der Waals surface area contributed by atoms with Gasteiger partial charge >= 0.3 is 0 Å². The normalized spacial score (nSPS) is 11.1. The van der Waals surface area contributed by atoms with Crippen LogP contribution in [-0.4, -0.2) is 41.9 Å². The second-order valence-electron chi connectivity index (χ2n) is 6.65. The zero-order valence-electron chi connectivity index (χ0n) is 18.2. The Hall–Kier alpha value is -4.05. The predicted octanol–water partition coefficient (Wildman–Crippen LogP) is 3.28. The topological polar surface area (TPSA) is 115 Å². The van der Waals surface area contributed by atoms with Gasteiger partial charge in [0.15, 0.2) is 11.5 Å². The number of benzene rings is 3. The quantitative estimate of drug-likeness (QED) is 0.367. The second-order valence-corrected chi connectivity index (χ2v) is 8.34. The summed E-state index contributed by atoms with van der Waals surface area (Å²) in [6.07, 6.45) is 1.44. The number of carbonyl (C=O) groups excluding carboxylic acids is 1. The minimum atomic E-state index is -3.71. The van der Waals surface area contributed by atoms with E-state index in [4.69, 9.17) is 14.2 Å². The first-order valence-electron chi connectivity index (χ1n) is 9.69. The number of nitrogens with one attached hydrogen (secondary N) is 2. The molecule has 33 heavy (non-hydrogen) atoms. The highest BCUT2D eigenvalue weighted by molar-refractivity contribution is 7.92. The smallest absolute Gasteiger partial charge is 0.271 e. The minimum absolute atomic E-state index is 0.146. The maximum Gasteiger partial charge on any atom is 0.271 e. The summed E-state index contributed by atoms with van der Waals surface area (Å²) in [5.74, 6) is 0.900. The van der Waals surface area contributed by atoms with E-state index in [1.54, 1.807) is 30.3 Å². The summed E-state index contributed by atoms with van der Waals surface area (Å²) in [4.78, 5) is 12.5. The molecule has 0 aromatic heterocycles. The molecule has 9 nitrogen and oxygen atoms in total. The maximum atomic E-state index is 12.4. The molecular formula is C23H23N3O6S. The van der Waals surface area contributed by atoms with Crippen LogP contribution < -0.4 is 24.4 Å². The summed E-state index contributed by atoms with van der Waals surface area (Å²) < 4.78 is 43.1. The van der Waals surface area contributed by atoms with Gasteiger partial charge in [-0.1, -0.05) is 18.2 Å². The summed E-state index contributed by atoms with van der Waals surface area (Å²) in [5.41, 5.74) is 3.68. The van der Waals surface area contributed by atoms with E-state index in [1.807, 2.05) is 0 Å². The van der Waals surface area contributed by atoms with E-state index in [0.29, 0.717) is 34.1 Å². The van der Waals surface area contributed by atoms with Gasteiger partial charge in [0.25, 0.3) is 15.9 Å². The van der Waals surface area contributed by atoms with Crippen LogP contribution in [0, 0.1) is 0 Å². The van der Waals surface area contributed by atoms with Gasteiger partial charge in [0.1, 0.15) is 0 Å². The number of nitrogens with zero attached hydrogens (tertiary/aromatic N) is 1. The molecule has 3 aromatic carbocycles. The van der Waals surface area contributed by atoms with Crippen LogP contribution in [0.1, 0.15) is 15.9 Å². The zero-order chi connectivity index (χ0) is 23.8. The lowest BCUT2D eigenvalue weighted by Gasteiger charge is -2.12. The van der Waals surface area contributed by atoms with Crippen molar-refractivity contribution in [1.82, 2.24) is 5.43 Å². The second kappa shape index (κ2) is 10.5. The molecule has 10 heteroatoms. The van der Waals surface area contributed by atoms with E-state index in [1.165, 1.54) is 63.9 Å². The average Bonchev–Trinajstić information content (AvgIpc) is 2.84. The number of amides is 1. The van der Waals surface area contributed by atoms with Crippen molar-refractivity contribution in [2.75, 3.05) is 26.1 Å². The Balaban J connectivity index is 1.66. The van der Waals surface area contributed by atoms with E-state index in [0.717, 1.165) is 0 Å². The molecule has 0 fully saturated rings. The minimum Gasteiger partial charge on any atom is -0.493 e. The largest absolute Gasteiger partial charge is 0.493 e. The van der Waals surface area contributed by atoms with Gasteiger partial charge in [0.05, 0.1) is 32.4 Å². The standard InChI is InChI=1S/C23H23N3O6S/c1-30-20-13-16(14-21(31-2)22(20)32-3)15-24-25-23(27)17-9-11-18(12-10-17)26-33(28,29)19-7-5-4-6-8-19/h4-15,26H,1-3H3,(H,25,27)/b24-15-. The number of hydrogen-bond donors (Lipinski definition) is 2. The first-order chi connectivity index (χ1) is 15.9. The van der Waals surface area contributed by atoms with Gasteiger partial charge in [-0.3, -0.25) is 9.52 Å². The van der Waals surface area contributed by atoms with Crippen LogP contribution >= 0.6 is 0 Å². The average molecular weight is 470 g/mol. The van der Waals surface area contributed by atoms with Gasteiger partial charge in [-0.25, -0.2) is 13.8 Å². The lowest BCUT2D eigenvalue weighted by molar-refractivity contribution is 0.0955. The lowest BCUT2D eigenvalue weighted by atomic mass is 10.2. The Labute approximate surface area is 192 Å². The van der Waals surface area contributed by atoms with Crippen LogP contribution in [0.3, 0.4) is 0 Å². The molecule has 0 heterocycles. The van der Waals surface area contributed by atoms with Crippen molar-refractivity contribution < 1.29 is 27.4 Å². The number of carbonyl (C=O) groups is 1. The predicted molar refractivity (Wildman–Crippen MR) is 125 cm³/mol. The molecule has 0 spiro atoms. The van der Waals surface area contributed by atoms with E-state index < -0.39 is 15.9 Å². The Morgan fingerprint density at radius 3 is 2.03 bits per heavy atom. The number of hydrogen-bond acceptors (Lipinski definition) is 7. The molecule has 0 saturated heterocycles. The number of methoxy groups -OCH3 is 3. The molecule has 1 amide bonds. The molecule has 0 bridgehead atoms. The molecule has 3 rings (SSSR count). The highest BCUT2D eigenvalue weighted by atomic mass is 32.2. The van der Waals surface area contributed by atoms with Gasteiger partial charge in [-0.15, -0.1) is 0 Å². The van der Waals surface area contributed by atoms with E-state index >= 15 is 0 Å². The van der Waals surface area contributed by atoms with Crippen molar-refractivity contribution in [1.29, 1.82) is 0 Å². The molecule has 0 unspecified atom stereocenters. The number of ether oxygens (including phenoxy) is 3. The van der Waals surface area contributed by atoms with Crippen LogP contribution in [0.5, 0.6) is 17.2 Å². The number of hydrazone groups is 1. The van der Waals surface area contributed by atoms with Gasteiger partial charge in [0, 0.05) is 16.8 Å². The monoisotopic (exact) mass is 469 g/mol. The van der Waals surface area contributed by atoms with Gasteiger partial charge < -0.3 is 14.2 Å². The molecule has 0 saturated carbocycles. The van der Waals surface area contributed by atoms with Gasteiger partial charge in [-0.2, -0.15) is 5.10 Å². The zero-order valence-corrected chi connectivity index (χ0v) is 19.0. The third-order valence-corrected chi connectivity index (χ3v) is 5.92. The highest BCUT2D eigenvalue weighted by Gasteiger charge is 2.14. The van der Waals surface area contributed by atoms with Crippen LogP contribution in [0.2, 0.25) is 0 Å². The Morgan fingerprint density at radius 1 is 0.879 bits per heavy atom. The molecule has 172 valence electrons. The van der Waals surface area contributed by atoms with Crippen molar-refractivity contribution >= 4 is 27.8 Å². The third-order valence-electron chi connectivity index (χ3n) is 4.52. The van der Waals surface area contributed by atoms with E-state index in [9.17, 15) is 13.2 Å². The number of rotatable bonds is 9. The summed E-state index contributed by atoms with van der Waals surface area (Å²) in [5, 5.41) is 3.96. The van der Waals surface area contributed by atoms with Crippen molar-refractivity contribution in [2.24, 2.45) is 5.10 Å². The Morgan fingerprint density at radius 2 is 1.48 bits per heavy atom. The van der Waals surface area contributed by atoms with Crippen molar-refractivity contribution in [3.63, 3.8) is 0 Å². The molecule has 0 atom stereocenters. The number of sulfonamides is 1. The van der Waals surface area contributed by atoms with Gasteiger partial charge in [0.2, 0.25) is 5.75 Å². The first kappa shape index (κ1) is 23.6. The van der Waals surface area contributed by atoms with Crippen LogP contribution in [-0.2, 0) is 10.0 Å². The molecule has 3 aromatic rings. The molecular weight excluding hydrogens is 446 g/mol. The molecule has 0 radical (unpaired) electrons. The molecule has 0 aliphatic carbocycles. The SMILES string of the molecule is COc1cc(/C=N\NC(=O)c2ccc(NS(=O)(=O)c3ccccc3)cc2)cc(OC)c1OC. The van der Waals surface area contributed by atoms with Crippen LogP contribution in [0.15, 0.2) is 76.7 Å². The molecule has 0 aliphatic heterocycles. The van der Waals surface area contributed by atoms with Crippen LogP contribution in [0.4, 0.5) is 5.69 Å². The van der Waals surface area contributed by atoms with Crippen LogP contribution in [0.25, 0.3) is 0 Å². The summed E-state index contributed by atoms with van der Waals surface area (Å²) in [6.45, 7) is 0. The van der Waals surface area contributed by atoms with Crippen molar-refractivity contribution in [3.8, 4) is 17.2 Å². The fraction of sp³-hybridized carbons (Fsp3) is 0.130.